The molecule has 8 heteroatoms. The monoisotopic (exact) mass is 366 g/mol. The number of azo groups is 1. The second-order valence-electron chi connectivity index (χ2n) is 4.93. The molecule has 25 heavy (non-hydrogen) atoms. The maximum absolute atomic E-state index is 11.8. The Balaban J connectivity index is 0.00000312. The molecule has 0 aliphatic rings. The Hall–Kier alpha value is -1.58. The zero-order valence-corrected chi connectivity index (χ0v) is 17.2. The van der Waals surface area contributed by atoms with Gasteiger partial charge < -0.3 is 15.2 Å². The van der Waals surface area contributed by atoms with E-state index in [0.29, 0.717) is 11.4 Å². The van der Waals surface area contributed by atoms with Crippen LogP contribution in [0, 0.1) is 0 Å². The van der Waals surface area contributed by atoms with E-state index in [1.54, 1.807) is 55.6 Å². The van der Waals surface area contributed by atoms with E-state index in [1.807, 2.05) is 6.07 Å². The van der Waals surface area contributed by atoms with Crippen molar-refractivity contribution in [3.8, 4) is 5.75 Å². The molecule has 2 N–H and O–H groups in total. The van der Waals surface area contributed by atoms with Crippen LogP contribution >= 0.6 is 0 Å². The molecule has 0 saturated carbocycles. The summed E-state index contributed by atoms with van der Waals surface area (Å²) in [6, 6.07) is 13.8. The molecule has 2 amide bonds. The van der Waals surface area contributed by atoms with E-state index in [9.17, 15) is 14.7 Å². The number of carbonyl (C=O) groups excluding carboxylic acids is 1. The molecule has 2 rings (SSSR count). The fourth-order valence-corrected chi connectivity index (χ4v) is 1.98. The Morgan fingerprint density at radius 2 is 1.76 bits per heavy atom. The topological polar surface area (TPSA) is 100 Å². The van der Waals surface area contributed by atoms with Crippen molar-refractivity contribution >= 4 is 69.1 Å². The summed E-state index contributed by atoms with van der Waals surface area (Å²) in [5.74, 6) is -0.473. The first-order valence-electron chi connectivity index (χ1n) is 7.21. The predicted molar refractivity (Wildman–Crippen MR) is 93.4 cm³/mol. The fraction of sp³-hybridized carbons (Fsp3) is 0.176. The summed E-state index contributed by atoms with van der Waals surface area (Å²) in [5.41, 5.74) is 1.26. The molecule has 1 radical (unpaired) electrons. The molecular weight excluding hydrogens is 349 g/mol. The molecule has 0 fully saturated rings. The molecule has 7 nitrogen and oxygen atoms in total. The molecule has 0 bridgehead atoms. The van der Waals surface area contributed by atoms with Gasteiger partial charge >= 0.3 is 12.0 Å². The fourth-order valence-electron chi connectivity index (χ4n) is 1.98. The third kappa shape index (κ3) is 7.45. The van der Waals surface area contributed by atoms with Crippen LogP contribution in [0.5, 0.6) is 5.75 Å². The van der Waals surface area contributed by atoms with Crippen LogP contribution in [0.25, 0.3) is 0 Å². The molecule has 1 atom stereocenters. The zero-order valence-electron chi connectivity index (χ0n) is 14.0. The molecule has 2 aromatic carbocycles. The number of nitrogens with one attached hydrogen (secondary N) is 1. The maximum Gasteiger partial charge on any atom is 0.360 e. The van der Waals surface area contributed by atoms with Gasteiger partial charge in [-0.25, -0.2) is 9.59 Å². The van der Waals surface area contributed by atoms with Crippen molar-refractivity contribution in [1.82, 2.24) is 5.32 Å². The molecule has 2 aromatic rings. The molecule has 0 aliphatic carbocycles. The van der Waals surface area contributed by atoms with Crippen molar-refractivity contribution in [3.05, 3.63) is 60.2 Å². The van der Waals surface area contributed by atoms with Crippen molar-refractivity contribution in [1.29, 1.82) is 0 Å². The van der Waals surface area contributed by atoms with Crippen molar-refractivity contribution < 1.29 is 19.4 Å². The Kier molecular flexibility index (Phi) is 9.54. The number of carboxylic acid groups (broad SMARTS) is 1. The first-order chi connectivity index (χ1) is 11.6. The SMILES string of the molecule is COc1ccc(N=NC(=O)N[C@@H](Cc2ccccc2)C(=O)O)cc1.[K]. The maximum atomic E-state index is 11.8. The molecular formula is C17H17KN3O4. The van der Waals surface area contributed by atoms with Gasteiger partial charge in [-0.05, 0) is 29.8 Å². The Labute approximate surface area is 187 Å². The number of rotatable bonds is 6. The second kappa shape index (κ2) is 11.1. The molecule has 0 aromatic heterocycles. The molecule has 0 saturated heterocycles. The second-order valence-corrected chi connectivity index (χ2v) is 4.93. The first kappa shape index (κ1) is 21.5. The van der Waals surface area contributed by atoms with Gasteiger partial charge in [0.2, 0.25) is 0 Å². The van der Waals surface area contributed by atoms with Crippen LogP contribution in [-0.2, 0) is 11.2 Å². The normalized spacial score (nSPS) is 11.4. The Morgan fingerprint density at radius 3 is 2.32 bits per heavy atom. The van der Waals surface area contributed by atoms with Gasteiger partial charge in [-0.1, -0.05) is 35.4 Å². The van der Waals surface area contributed by atoms with Gasteiger partial charge in [0.1, 0.15) is 11.8 Å². The Bertz CT molecular complexity index is 720. The average molecular weight is 366 g/mol. The van der Waals surface area contributed by atoms with E-state index in [1.165, 1.54) is 0 Å². The van der Waals surface area contributed by atoms with Crippen molar-refractivity contribution in [2.45, 2.75) is 12.5 Å². The largest absolute Gasteiger partial charge is 0.497 e. The summed E-state index contributed by atoms with van der Waals surface area (Å²) in [4.78, 5) is 23.1. The van der Waals surface area contributed by atoms with Gasteiger partial charge in [-0.2, -0.15) is 0 Å². The van der Waals surface area contributed by atoms with Gasteiger partial charge in [0, 0.05) is 57.8 Å². The number of nitrogens with zero attached hydrogens (tertiary/aromatic N) is 2. The van der Waals surface area contributed by atoms with Gasteiger partial charge in [0.05, 0.1) is 12.8 Å². The van der Waals surface area contributed by atoms with E-state index in [4.69, 9.17) is 4.74 Å². The number of carboxylic acids is 1. The van der Waals surface area contributed by atoms with Crippen LogP contribution in [0.4, 0.5) is 10.5 Å². The zero-order chi connectivity index (χ0) is 17.4. The third-order valence-electron chi connectivity index (χ3n) is 3.21. The van der Waals surface area contributed by atoms with Crippen LogP contribution in [0.15, 0.2) is 64.8 Å². The number of ether oxygens (including phenoxy) is 1. The summed E-state index contributed by atoms with van der Waals surface area (Å²) in [7, 11) is 1.54. The molecule has 0 heterocycles. The summed E-state index contributed by atoms with van der Waals surface area (Å²) < 4.78 is 5.01. The van der Waals surface area contributed by atoms with Crippen LogP contribution in [-0.4, -0.2) is 81.6 Å². The quantitative estimate of drug-likeness (QED) is 0.606. The predicted octanol–water partition coefficient (Wildman–Crippen LogP) is 2.80. The van der Waals surface area contributed by atoms with Gasteiger partial charge in [-0.3, -0.25) is 0 Å². The van der Waals surface area contributed by atoms with Crippen molar-refractivity contribution in [2.24, 2.45) is 10.2 Å². The first-order valence-corrected chi connectivity index (χ1v) is 7.21. The summed E-state index contributed by atoms with van der Waals surface area (Å²) in [6.45, 7) is 0. The van der Waals surface area contributed by atoms with Gasteiger partial charge in [0.25, 0.3) is 0 Å². The summed E-state index contributed by atoms with van der Waals surface area (Å²) in [5, 5.41) is 18.8. The number of hydrogen-bond donors (Lipinski definition) is 2. The molecule has 125 valence electrons. The standard InChI is InChI=1S/C17H17N3O4.K/c1-24-14-9-7-13(8-10-14)19-20-17(23)18-15(16(21)22)11-12-5-3-2-4-6-12;/h2-10,15H,11H2,1H3,(H,18,23)(H,21,22);/t15-;/m0./s1. The van der Waals surface area contributed by atoms with Gasteiger partial charge in [-0.15, -0.1) is 5.11 Å². The minimum Gasteiger partial charge on any atom is -0.497 e. The van der Waals surface area contributed by atoms with Crippen LogP contribution < -0.4 is 10.1 Å². The summed E-state index contributed by atoms with van der Waals surface area (Å²) >= 11 is 0. The Morgan fingerprint density at radius 1 is 1.12 bits per heavy atom. The van der Waals surface area contributed by atoms with Crippen molar-refractivity contribution in [2.75, 3.05) is 7.11 Å². The van der Waals surface area contributed by atoms with E-state index in [-0.39, 0.29) is 57.8 Å². The smallest absolute Gasteiger partial charge is 0.360 e. The number of amides is 2. The van der Waals surface area contributed by atoms with Crippen LogP contribution in [0.1, 0.15) is 5.56 Å². The number of urea groups is 1. The minimum absolute atomic E-state index is 0. The third-order valence-corrected chi connectivity index (χ3v) is 3.21. The number of aliphatic carboxylic acids is 1. The molecule has 0 spiro atoms. The van der Waals surface area contributed by atoms with E-state index in [0.717, 1.165) is 5.56 Å². The van der Waals surface area contributed by atoms with E-state index in [2.05, 4.69) is 15.5 Å². The number of methoxy groups -OCH3 is 1. The molecule has 0 unspecified atom stereocenters. The van der Waals surface area contributed by atoms with E-state index >= 15 is 0 Å². The van der Waals surface area contributed by atoms with Crippen molar-refractivity contribution in [3.63, 3.8) is 0 Å². The van der Waals surface area contributed by atoms with Crippen LogP contribution in [0.2, 0.25) is 0 Å². The number of carbonyl (C=O) groups is 2. The van der Waals surface area contributed by atoms with Crippen LogP contribution in [0.3, 0.4) is 0 Å². The minimum atomic E-state index is -1.13. The average Bonchev–Trinajstić information content (AvgIpc) is 2.60. The van der Waals surface area contributed by atoms with E-state index < -0.39 is 18.0 Å². The number of hydrogen-bond acceptors (Lipinski definition) is 4. The summed E-state index contributed by atoms with van der Waals surface area (Å²) in [6.07, 6.45) is 0.167. The molecule has 0 aliphatic heterocycles. The number of benzene rings is 2. The van der Waals surface area contributed by atoms with Gasteiger partial charge in [0.15, 0.2) is 0 Å².